The summed E-state index contributed by atoms with van der Waals surface area (Å²) in [5, 5.41) is 0. The normalized spacial score (nSPS) is 28.1. The van der Waals surface area contributed by atoms with Crippen LogP contribution in [-0.2, 0) is 19.6 Å². The maximum atomic E-state index is 12.3. The van der Waals surface area contributed by atoms with Crippen molar-refractivity contribution in [1.82, 2.24) is 0 Å². The zero-order valence-electron chi connectivity index (χ0n) is 13.4. The molecule has 0 aromatic heterocycles. The lowest BCUT2D eigenvalue weighted by Crippen LogP contribution is -2.42. The number of ketones is 1. The maximum Gasteiger partial charge on any atom is 0.312 e. The number of ether oxygens (including phenoxy) is 1. The second-order valence-electron chi connectivity index (χ2n) is 6.56. The summed E-state index contributed by atoms with van der Waals surface area (Å²) in [5.74, 6) is 0.170. The molecule has 23 heavy (non-hydrogen) atoms. The average molecular weight is 338 g/mol. The molecule has 3 unspecified atom stereocenters. The number of carbonyl (C=O) groups excluding carboxylic acids is 1. The van der Waals surface area contributed by atoms with Crippen LogP contribution in [0, 0.1) is 0 Å². The molecule has 0 spiro atoms. The van der Waals surface area contributed by atoms with Crippen molar-refractivity contribution < 1.29 is 22.1 Å². The third-order valence-corrected chi connectivity index (χ3v) is 6.14. The molecular weight excluding hydrogens is 316 g/mol. The van der Waals surface area contributed by atoms with Gasteiger partial charge in [-0.25, -0.2) is 0 Å². The predicted octanol–water partition coefficient (Wildman–Crippen LogP) is 2.80. The molecule has 0 radical (unpaired) electrons. The number of rotatable bonds is 6. The van der Waals surface area contributed by atoms with Gasteiger partial charge in [0.2, 0.25) is 0 Å². The molecule has 2 aliphatic rings. The summed E-state index contributed by atoms with van der Waals surface area (Å²) >= 11 is 0. The van der Waals surface area contributed by atoms with Gasteiger partial charge in [-0.05, 0) is 42.9 Å². The number of carbonyl (C=O) groups is 1. The van der Waals surface area contributed by atoms with Crippen molar-refractivity contribution in [2.24, 2.45) is 0 Å². The van der Waals surface area contributed by atoms with Crippen LogP contribution in [0.3, 0.4) is 0 Å². The molecule has 2 heterocycles. The van der Waals surface area contributed by atoms with Crippen LogP contribution in [-0.4, -0.2) is 31.7 Å². The van der Waals surface area contributed by atoms with Crippen LogP contribution < -0.4 is 4.18 Å². The van der Waals surface area contributed by atoms with Crippen LogP contribution in [0.5, 0.6) is 5.75 Å². The van der Waals surface area contributed by atoms with Gasteiger partial charge in [-0.2, -0.15) is 8.42 Å². The van der Waals surface area contributed by atoms with E-state index in [1.807, 2.05) is 12.1 Å². The van der Waals surface area contributed by atoms with Crippen LogP contribution >= 0.6 is 0 Å². The van der Waals surface area contributed by atoms with Crippen molar-refractivity contribution in [3.8, 4) is 5.75 Å². The van der Waals surface area contributed by atoms with E-state index in [1.54, 1.807) is 12.1 Å². The van der Waals surface area contributed by atoms with Crippen LogP contribution in [0.25, 0.3) is 0 Å². The Morgan fingerprint density at radius 2 is 2.04 bits per heavy atom. The first-order valence-corrected chi connectivity index (χ1v) is 9.64. The Bertz CT molecular complexity index is 694. The third-order valence-electron chi connectivity index (χ3n) is 4.88. The molecule has 1 aromatic rings. The largest absolute Gasteiger partial charge is 0.382 e. The Hall–Kier alpha value is -1.40. The second-order valence-corrected chi connectivity index (χ2v) is 8.13. The molecule has 126 valence electrons. The van der Waals surface area contributed by atoms with E-state index in [0.717, 1.165) is 18.4 Å². The molecule has 3 atom stereocenters. The van der Waals surface area contributed by atoms with Gasteiger partial charge in [-0.3, -0.25) is 4.79 Å². The smallest absolute Gasteiger partial charge is 0.312 e. The molecular formula is C17H22O5S. The van der Waals surface area contributed by atoms with Gasteiger partial charge >= 0.3 is 10.1 Å². The van der Waals surface area contributed by atoms with Gasteiger partial charge in [0, 0.05) is 6.42 Å². The van der Waals surface area contributed by atoms with E-state index >= 15 is 0 Å². The highest BCUT2D eigenvalue weighted by atomic mass is 32.2. The Morgan fingerprint density at radius 3 is 2.57 bits per heavy atom. The summed E-state index contributed by atoms with van der Waals surface area (Å²) in [6.45, 7) is 4.22. The summed E-state index contributed by atoms with van der Waals surface area (Å²) in [5.41, 5.74) is -0.0380. The van der Waals surface area contributed by atoms with Gasteiger partial charge in [0.1, 0.15) is 17.1 Å². The van der Waals surface area contributed by atoms with Gasteiger partial charge in [-0.1, -0.05) is 26.0 Å². The fraction of sp³-hybridized carbons (Fsp3) is 0.588. The van der Waals surface area contributed by atoms with Gasteiger partial charge in [-0.15, -0.1) is 0 Å². The van der Waals surface area contributed by atoms with Gasteiger partial charge in [0.25, 0.3) is 0 Å². The number of Topliss-reactive ketones (excluding diaryl/α,β-unsaturated/α-hetero) is 1. The highest BCUT2D eigenvalue weighted by Gasteiger charge is 2.55. The van der Waals surface area contributed by atoms with Crippen LogP contribution in [0.2, 0.25) is 0 Å². The standard InChI is InChI=1S/C17H22O5S/c1-3-12(2)13-4-6-14(7-5-13)22-23(19,20)11-17-9-8-15(21-17)10-16(17)18/h4-7,12,15H,3,8-11H2,1-2H3. The summed E-state index contributed by atoms with van der Waals surface area (Å²) in [6.07, 6.45) is 2.42. The van der Waals surface area contributed by atoms with Crippen molar-refractivity contribution in [3.63, 3.8) is 0 Å². The van der Waals surface area contributed by atoms with Crippen LogP contribution in [0.4, 0.5) is 0 Å². The molecule has 0 N–H and O–H groups in total. The van der Waals surface area contributed by atoms with Gasteiger partial charge in [0.15, 0.2) is 5.78 Å². The fourth-order valence-corrected chi connectivity index (χ4v) is 4.72. The Labute approximate surface area is 137 Å². The van der Waals surface area contributed by atoms with Gasteiger partial charge in [0.05, 0.1) is 6.10 Å². The zero-order chi connectivity index (χ0) is 16.7. The predicted molar refractivity (Wildman–Crippen MR) is 86.0 cm³/mol. The molecule has 2 aliphatic heterocycles. The van der Waals surface area contributed by atoms with Crippen molar-refractivity contribution >= 4 is 15.9 Å². The Balaban J connectivity index is 1.70. The molecule has 0 saturated carbocycles. The molecule has 2 bridgehead atoms. The van der Waals surface area contributed by atoms with Crippen molar-refractivity contribution in [1.29, 1.82) is 0 Å². The molecule has 0 amide bonds. The minimum Gasteiger partial charge on any atom is -0.382 e. The molecule has 2 fully saturated rings. The number of hydrogen-bond donors (Lipinski definition) is 0. The van der Waals surface area contributed by atoms with Crippen LogP contribution in [0.15, 0.2) is 24.3 Å². The van der Waals surface area contributed by atoms with Crippen molar-refractivity contribution in [2.45, 2.75) is 57.2 Å². The average Bonchev–Trinajstić information content (AvgIpc) is 3.02. The zero-order valence-corrected chi connectivity index (χ0v) is 14.3. The molecule has 3 rings (SSSR count). The quantitative estimate of drug-likeness (QED) is 0.746. The van der Waals surface area contributed by atoms with Crippen molar-refractivity contribution in [3.05, 3.63) is 29.8 Å². The number of fused-ring (bicyclic) bond motifs is 2. The Kier molecular flexibility index (Phi) is 4.23. The lowest BCUT2D eigenvalue weighted by Gasteiger charge is -2.22. The number of benzene rings is 1. The molecule has 0 aliphatic carbocycles. The minimum atomic E-state index is -3.88. The van der Waals surface area contributed by atoms with E-state index in [1.165, 1.54) is 0 Å². The first-order chi connectivity index (χ1) is 10.8. The van der Waals surface area contributed by atoms with Crippen molar-refractivity contribution in [2.75, 3.05) is 5.75 Å². The van der Waals surface area contributed by atoms with E-state index in [4.69, 9.17) is 8.92 Å². The van der Waals surface area contributed by atoms with E-state index < -0.39 is 21.5 Å². The Morgan fingerprint density at radius 1 is 1.35 bits per heavy atom. The molecule has 2 saturated heterocycles. The maximum absolute atomic E-state index is 12.3. The third kappa shape index (κ3) is 3.28. The minimum absolute atomic E-state index is 0.118. The fourth-order valence-electron chi connectivity index (χ4n) is 3.31. The first-order valence-electron chi connectivity index (χ1n) is 8.07. The van der Waals surface area contributed by atoms with E-state index in [2.05, 4.69) is 13.8 Å². The van der Waals surface area contributed by atoms with Gasteiger partial charge < -0.3 is 8.92 Å². The van der Waals surface area contributed by atoms with Crippen LogP contribution in [0.1, 0.15) is 51.0 Å². The SMILES string of the molecule is CCC(C)c1ccc(OS(=O)(=O)CC23CCC(CC2=O)O3)cc1. The molecule has 6 heteroatoms. The van der Waals surface area contributed by atoms with E-state index in [0.29, 0.717) is 18.8 Å². The second kappa shape index (κ2) is 5.91. The lowest BCUT2D eigenvalue weighted by atomic mass is 9.89. The summed E-state index contributed by atoms with van der Waals surface area (Å²) in [4.78, 5) is 12.0. The van der Waals surface area contributed by atoms with E-state index in [9.17, 15) is 13.2 Å². The summed E-state index contributed by atoms with van der Waals surface area (Å²) < 4.78 is 35.4. The van der Waals surface area contributed by atoms with E-state index in [-0.39, 0.29) is 17.6 Å². The number of hydrogen-bond acceptors (Lipinski definition) is 5. The highest BCUT2D eigenvalue weighted by Crippen LogP contribution is 2.42. The molecule has 1 aromatic carbocycles. The first kappa shape index (κ1) is 16.5. The molecule has 5 nitrogen and oxygen atoms in total. The lowest BCUT2D eigenvalue weighted by molar-refractivity contribution is -0.128. The highest BCUT2D eigenvalue weighted by molar-refractivity contribution is 7.87. The summed E-state index contributed by atoms with van der Waals surface area (Å²) in [6, 6.07) is 7.07. The topological polar surface area (TPSA) is 69.7 Å². The summed E-state index contributed by atoms with van der Waals surface area (Å²) in [7, 11) is -3.88. The monoisotopic (exact) mass is 338 g/mol.